The van der Waals surface area contributed by atoms with Crippen LogP contribution in [0.25, 0.3) is 5.82 Å². The number of nitrogens with zero attached hydrogens (tertiary/aromatic N) is 4. The van der Waals surface area contributed by atoms with Gasteiger partial charge in [0.2, 0.25) is 0 Å². The molecule has 1 N–H and O–H groups in total. The molecule has 0 bridgehead atoms. The van der Waals surface area contributed by atoms with Gasteiger partial charge in [-0.2, -0.15) is 0 Å². The zero-order chi connectivity index (χ0) is 10.8. The monoisotopic (exact) mass is 268 g/mol. The van der Waals surface area contributed by atoms with Crippen LogP contribution in [0.15, 0.2) is 29.3 Å². The molecule has 0 aromatic carbocycles. The molecular formula is C8H5BrN4O2. The molecule has 76 valence electrons. The molecule has 0 saturated heterocycles. The highest BCUT2D eigenvalue weighted by atomic mass is 79.9. The maximum Gasteiger partial charge on any atom is 0.355 e. The summed E-state index contributed by atoms with van der Waals surface area (Å²) in [7, 11) is 0. The lowest BCUT2D eigenvalue weighted by atomic mass is 10.3. The Morgan fingerprint density at radius 1 is 1.33 bits per heavy atom. The summed E-state index contributed by atoms with van der Waals surface area (Å²) >= 11 is 3.11. The minimum Gasteiger partial charge on any atom is -0.476 e. The lowest BCUT2D eigenvalue weighted by Gasteiger charge is -2.02. The van der Waals surface area contributed by atoms with Crippen LogP contribution in [0.1, 0.15) is 10.5 Å². The van der Waals surface area contributed by atoms with Crippen molar-refractivity contribution in [1.82, 2.24) is 19.7 Å². The predicted octanol–water partition coefficient (Wildman–Crippen LogP) is 1.12. The van der Waals surface area contributed by atoms with Gasteiger partial charge < -0.3 is 5.11 Å². The van der Waals surface area contributed by atoms with Gasteiger partial charge in [-0.25, -0.2) is 9.78 Å². The van der Waals surface area contributed by atoms with E-state index in [4.69, 9.17) is 5.11 Å². The number of aromatic nitrogens is 4. The molecule has 0 fully saturated rings. The quantitative estimate of drug-likeness (QED) is 0.883. The summed E-state index contributed by atoms with van der Waals surface area (Å²) < 4.78 is 1.96. The van der Waals surface area contributed by atoms with E-state index in [1.807, 2.05) is 0 Å². The fraction of sp³-hybridized carbons (Fsp3) is 0. The second-order valence-corrected chi connectivity index (χ2v) is 3.53. The average molecular weight is 269 g/mol. The fourth-order valence-electron chi connectivity index (χ4n) is 1.04. The normalized spacial score (nSPS) is 10.2. The Bertz CT molecular complexity index is 497. The summed E-state index contributed by atoms with van der Waals surface area (Å²) in [5.74, 6) is -0.627. The molecule has 2 aromatic heterocycles. The van der Waals surface area contributed by atoms with Crippen LogP contribution in [-0.2, 0) is 0 Å². The van der Waals surface area contributed by atoms with Crippen LogP contribution in [0.2, 0.25) is 0 Å². The van der Waals surface area contributed by atoms with Crippen molar-refractivity contribution in [3.63, 3.8) is 0 Å². The largest absolute Gasteiger partial charge is 0.476 e. The minimum absolute atomic E-state index is 0.0406. The van der Waals surface area contributed by atoms with Crippen LogP contribution in [-0.4, -0.2) is 30.8 Å². The molecule has 7 heteroatoms. The number of halogens is 1. The van der Waals surface area contributed by atoms with E-state index in [0.29, 0.717) is 10.3 Å². The van der Waals surface area contributed by atoms with E-state index in [2.05, 4.69) is 31.1 Å². The van der Waals surface area contributed by atoms with Crippen LogP contribution in [0, 0.1) is 0 Å². The number of pyridine rings is 1. The molecule has 0 aliphatic heterocycles. The van der Waals surface area contributed by atoms with E-state index in [0.717, 1.165) is 0 Å². The van der Waals surface area contributed by atoms with Gasteiger partial charge in [-0.15, -0.1) is 10.2 Å². The molecule has 0 amide bonds. The first-order chi connectivity index (χ1) is 7.18. The van der Waals surface area contributed by atoms with Crippen LogP contribution in [0.3, 0.4) is 0 Å². The van der Waals surface area contributed by atoms with Gasteiger partial charge in [-0.3, -0.25) is 4.57 Å². The third-order valence-electron chi connectivity index (χ3n) is 1.72. The minimum atomic E-state index is -1.09. The first-order valence-corrected chi connectivity index (χ1v) is 4.72. The van der Waals surface area contributed by atoms with Crippen LogP contribution < -0.4 is 0 Å². The van der Waals surface area contributed by atoms with E-state index in [1.165, 1.54) is 17.2 Å². The van der Waals surface area contributed by atoms with Gasteiger partial charge in [-0.1, -0.05) is 0 Å². The molecule has 0 aliphatic carbocycles. The third-order valence-corrected chi connectivity index (χ3v) is 2.36. The zero-order valence-corrected chi connectivity index (χ0v) is 8.92. The predicted molar refractivity (Wildman–Crippen MR) is 53.8 cm³/mol. The maximum absolute atomic E-state index is 10.8. The molecule has 6 nitrogen and oxygen atoms in total. The summed E-state index contributed by atoms with van der Waals surface area (Å²) in [6.45, 7) is 0. The number of aromatic carboxylic acids is 1. The van der Waals surface area contributed by atoms with Crippen molar-refractivity contribution in [2.75, 3.05) is 0 Å². The first-order valence-electron chi connectivity index (χ1n) is 3.93. The number of carboxylic acids is 1. The second kappa shape index (κ2) is 3.77. The molecule has 0 saturated carbocycles. The van der Waals surface area contributed by atoms with Crippen molar-refractivity contribution in [3.05, 3.63) is 35.0 Å². The van der Waals surface area contributed by atoms with E-state index in [-0.39, 0.29) is 5.69 Å². The Labute approximate surface area is 92.7 Å². The van der Waals surface area contributed by atoms with Gasteiger partial charge in [0.15, 0.2) is 5.69 Å². The summed E-state index contributed by atoms with van der Waals surface area (Å²) in [5, 5.41) is 16.1. The molecule has 2 aromatic rings. The van der Waals surface area contributed by atoms with E-state index < -0.39 is 5.97 Å². The van der Waals surface area contributed by atoms with Crippen molar-refractivity contribution < 1.29 is 9.90 Å². The first kappa shape index (κ1) is 9.78. The molecule has 0 radical (unpaired) electrons. The Morgan fingerprint density at radius 2 is 2.00 bits per heavy atom. The Morgan fingerprint density at radius 3 is 2.60 bits per heavy atom. The number of carboxylic acid groups (broad SMARTS) is 1. The lowest BCUT2D eigenvalue weighted by molar-refractivity contribution is 0.0689. The summed E-state index contributed by atoms with van der Waals surface area (Å²) in [4.78, 5) is 14.8. The van der Waals surface area contributed by atoms with Crippen molar-refractivity contribution >= 4 is 21.9 Å². The van der Waals surface area contributed by atoms with E-state index in [1.54, 1.807) is 12.1 Å². The van der Waals surface area contributed by atoms with Gasteiger partial charge in [0.1, 0.15) is 18.5 Å². The molecular weight excluding hydrogens is 264 g/mol. The van der Waals surface area contributed by atoms with Gasteiger partial charge >= 0.3 is 5.97 Å². The SMILES string of the molecule is O=C(O)c1nc(-n2cnnc2)ccc1Br. The number of rotatable bonds is 2. The van der Waals surface area contributed by atoms with Crippen molar-refractivity contribution in [1.29, 1.82) is 0 Å². The molecule has 0 spiro atoms. The standard InChI is InChI=1S/C8H5BrN4O2/c9-5-1-2-6(12-7(5)8(14)15)13-3-10-11-4-13/h1-4H,(H,14,15). The van der Waals surface area contributed by atoms with Crippen LogP contribution in [0.4, 0.5) is 0 Å². The Kier molecular flexibility index (Phi) is 2.46. The zero-order valence-electron chi connectivity index (χ0n) is 7.33. The molecule has 15 heavy (non-hydrogen) atoms. The van der Waals surface area contributed by atoms with Gasteiger partial charge in [0, 0.05) is 0 Å². The molecule has 0 atom stereocenters. The summed E-state index contributed by atoms with van der Waals surface area (Å²) in [6, 6.07) is 3.28. The molecule has 2 rings (SSSR count). The Hall–Kier alpha value is -1.76. The summed E-state index contributed by atoms with van der Waals surface area (Å²) in [5.41, 5.74) is -0.0406. The third kappa shape index (κ3) is 1.86. The van der Waals surface area contributed by atoms with Gasteiger partial charge in [0.25, 0.3) is 0 Å². The van der Waals surface area contributed by atoms with Gasteiger partial charge in [0.05, 0.1) is 4.47 Å². The lowest BCUT2D eigenvalue weighted by Crippen LogP contribution is -2.05. The smallest absolute Gasteiger partial charge is 0.355 e. The van der Waals surface area contributed by atoms with Gasteiger partial charge in [-0.05, 0) is 28.1 Å². The molecule has 0 unspecified atom stereocenters. The van der Waals surface area contributed by atoms with Crippen molar-refractivity contribution in [2.24, 2.45) is 0 Å². The molecule has 0 aliphatic rings. The molecule has 2 heterocycles. The Balaban J connectivity index is 2.52. The number of carbonyl (C=O) groups is 1. The van der Waals surface area contributed by atoms with Crippen LogP contribution in [0.5, 0.6) is 0 Å². The number of hydrogen-bond donors (Lipinski definition) is 1. The maximum atomic E-state index is 10.8. The highest BCUT2D eigenvalue weighted by Crippen LogP contribution is 2.16. The number of hydrogen-bond acceptors (Lipinski definition) is 4. The van der Waals surface area contributed by atoms with Crippen molar-refractivity contribution in [2.45, 2.75) is 0 Å². The second-order valence-electron chi connectivity index (χ2n) is 2.67. The van der Waals surface area contributed by atoms with E-state index >= 15 is 0 Å². The topological polar surface area (TPSA) is 80.9 Å². The summed E-state index contributed by atoms with van der Waals surface area (Å²) in [6.07, 6.45) is 2.89. The highest BCUT2D eigenvalue weighted by molar-refractivity contribution is 9.10. The average Bonchev–Trinajstić information content (AvgIpc) is 2.71. The van der Waals surface area contributed by atoms with Crippen LogP contribution >= 0.6 is 15.9 Å². The van der Waals surface area contributed by atoms with Crippen molar-refractivity contribution in [3.8, 4) is 5.82 Å². The van der Waals surface area contributed by atoms with E-state index in [9.17, 15) is 4.79 Å². The fourth-order valence-corrected chi connectivity index (χ4v) is 1.44. The highest BCUT2D eigenvalue weighted by Gasteiger charge is 2.11.